The number of anilines is 1. The molecule has 1 unspecified atom stereocenters. The van der Waals surface area contributed by atoms with Gasteiger partial charge in [0.1, 0.15) is 5.01 Å². The fourth-order valence-corrected chi connectivity index (χ4v) is 4.36. The molecule has 2 amide bonds. The molecule has 1 aromatic heterocycles. The lowest BCUT2D eigenvalue weighted by atomic mass is 10.2. The largest absolute Gasteiger partial charge is 0.416 e. The molecule has 1 aliphatic rings. The average molecular weight is 417 g/mol. The molecule has 8 heteroatoms. The Kier molecular flexibility index (Phi) is 5.27. The van der Waals surface area contributed by atoms with Crippen LogP contribution in [0.15, 0.2) is 60.0 Å². The first-order valence-electron chi connectivity index (χ1n) is 9.17. The molecule has 2 aromatic carbocycles. The number of thiazole rings is 1. The van der Waals surface area contributed by atoms with Crippen molar-refractivity contribution in [3.63, 3.8) is 0 Å². The summed E-state index contributed by atoms with van der Waals surface area (Å²) in [5, 5.41) is 5.54. The second-order valence-corrected chi connectivity index (χ2v) is 7.68. The second kappa shape index (κ2) is 7.87. The Hall–Kier alpha value is -2.87. The van der Waals surface area contributed by atoms with Crippen molar-refractivity contribution in [1.82, 2.24) is 9.88 Å². The summed E-state index contributed by atoms with van der Waals surface area (Å²) in [5.41, 5.74) is 1.48. The Labute approximate surface area is 170 Å². The minimum atomic E-state index is -4.40. The van der Waals surface area contributed by atoms with Crippen LogP contribution in [0.3, 0.4) is 0 Å². The van der Waals surface area contributed by atoms with Crippen molar-refractivity contribution in [2.45, 2.75) is 25.1 Å². The highest BCUT2D eigenvalue weighted by Gasteiger charge is 2.33. The van der Waals surface area contributed by atoms with Crippen LogP contribution in [-0.4, -0.2) is 22.5 Å². The molecule has 1 atom stereocenters. The summed E-state index contributed by atoms with van der Waals surface area (Å²) < 4.78 is 38.1. The summed E-state index contributed by atoms with van der Waals surface area (Å²) in [6.45, 7) is 0.581. The third kappa shape index (κ3) is 4.27. The number of hydrogen-bond acceptors (Lipinski definition) is 3. The van der Waals surface area contributed by atoms with E-state index in [0.717, 1.165) is 41.2 Å². The first-order chi connectivity index (χ1) is 13.9. The predicted molar refractivity (Wildman–Crippen MR) is 107 cm³/mol. The first kappa shape index (κ1) is 19.4. The third-order valence-corrected chi connectivity index (χ3v) is 5.80. The highest BCUT2D eigenvalue weighted by molar-refractivity contribution is 7.10. The second-order valence-electron chi connectivity index (χ2n) is 6.79. The Bertz CT molecular complexity index is 986. The number of rotatable bonds is 3. The van der Waals surface area contributed by atoms with Gasteiger partial charge < -0.3 is 10.2 Å². The maximum atomic E-state index is 12.7. The molecule has 3 aromatic rings. The molecule has 0 bridgehead atoms. The molecule has 4 nitrogen and oxygen atoms in total. The van der Waals surface area contributed by atoms with Crippen LogP contribution in [0.2, 0.25) is 0 Å². The van der Waals surface area contributed by atoms with Gasteiger partial charge in [-0.25, -0.2) is 9.78 Å². The number of likely N-dealkylation sites (tertiary alicyclic amines) is 1. The molecular weight excluding hydrogens is 399 g/mol. The molecular formula is C21H18F3N3OS. The molecule has 0 saturated carbocycles. The smallest absolute Gasteiger partial charge is 0.315 e. The van der Waals surface area contributed by atoms with Crippen molar-refractivity contribution < 1.29 is 18.0 Å². The summed E-state index contributed by atoms with van der Waals surface area (Å²) in [7, 11) is 0. The van der Waals surface area contributed by atoms with Gasteiger partial charge in [0.2, 0.25) is 0 Å². The minimum absolute atomic E-state index is 0.132. The van der Waals surface area contributed by atoms with Crippen LogP contribution in [0.4, 0.5) is 23.7 Å². The molecule has 0 spiro atoms. The number of urea groups is 1. The number of hydrogen-bond donors (Lipinski definition) is 1. The van der Waals surface area contributed by atoms with E-state index < -0.39 is 11.7 Å². The summed E-state index contributed by atoms with van der Waals surface area (Å²) in [5.74, 6) is 0. The van der Waals surface area contributed by atoms with Crippen molar-refractivity contribution in [1.29, 1.82) is 0 Å². The molecule has 0 aliphatic carbocycles. The maximum absolute atomic E-state index is 12.7. The lowest BCUT2D eigenvalue weighted by Crippen LogP contribution is -2.34. The van der Waals surface area contributed by atoms with Crippen molar-refractivity contribution in [2.24, 2.45) is 0 Å². The van der Waals surface area contributed by atoms with Gasteiger partial charge in [-0.2, -0.15) is 13.2 Å². The van der Waals surface area contributed by atoms with Crippen molar-refractivity contribution in [3.8, 4) is 11.3 Å². The van der Waals surface area contributed by atoms with Gasteiger partial charge in [0, 0.05) is 23.2 Å². The van der Waals surface area contributed by atoms with Crippen LogP contribution in [0.5, 0.6) is 0 Å². The van der Waals surface area contributed by atoms with Crippen LogP contribution in [0.1, 0.15) is 29.5 Å². The molecule has 4 rings (SSSR count). The topological polar surface area (TPSA) is 45.2 Å². The van der Waals surface area contributed by atoms with Crippen LogP contribution in [0, 0.1) is 0 Å². The molecule has 1 saturated heterocycles. The molecule has 29 heavy (non-hydrogen) atoms. The van der Waals surface area contributed by atoms with Crippen LogP contribution >= 0.6 is 11.3 Å². The number of carbonyl (C=O) groups excluding carboxylic acids is 1. The van der Waals surface area contributed by atoms with E-state index >= 15 is 0 Å². The number of nitrogens with one attached hydrogen (secondary N) is 1. The van der Waals surface area contributed by atoms with Crippen molar-refractivity contribution in [3.05, 3.63) is 70.5 Å². The Balaban J connectivity index is 1.47. The van der Waals surface area contributed by atoms with Gasteiger partial charge in [-0.3, -0.25) is 0 Å². The predicted octanol–water partition coefficient (Wildman–Crippen LogP) is 6.20. The summed E-state index contributed by atoms with van der Waals surface area (Å²) in [6.07, 6.45) is -2.74. The van der Waals surface area contributed by atoms with Crippen LogP contribution in [-0.2, 0) is 6.18 Å². The van der Waals surface area contributed by atoms with E-state index in [-0.39, 0.29) is 12.1 Å². The molecule has 1 fully saturated rings. The Morgan fingerprint density at radius 2 is 1.83 bits per heavy atom. The zero-order chi connectivity index (χ0) is 20.4. The van der Waals surface area contributed by atoms with Gasteiger partial charge in [-0.1, -0.05) is 30.3 Å². The lowest BCUT2D eigenvalue weighted by Gasteiger charge is -2.23. The van der Waals surface area contributed by atoms with Gasteiger partial charge in [0.15, 0.2) is 0 Å². The van der Waals surface area contributed by atoms with E-state index in [9.17, 15) is 18.0 Å². The monoisotopic (exact) mass is 417 g/mol. The van der Waals surface area contributed by atoms with Gasteiger partial charge in [-0.15, -0.1) is 11.3 Å². The number of halogens is 3. The third-order valence-electron chi connectivity index (χ3n) is 4.85. The van der Waals surface area contributed by atoms with Crippen LogP contribution in [0.25, 0.3) is 11.3 Å². The standard InChI is InChI=1S/C21H18F3N3OS/c22-21(23,24)15-8-10-16(11-9-15)25-20(28)27-12-4-7-18(27)19-26-17(13-29-19)14-5-2-1-3-6-14/h1-3,5-6,8-11,13,18H,4,7,12H2,(H,25,28). The quantitative estimate of drug-likeness (QED) is 0.552. The maximum Gasteiger partial charge on any atom is 0.416 e. The Morgan fingerprint density at radius 1 is 1.10 bits per heavy atom. The molecule has 2 heterocycles. The fourth-order valence-electron chi connectivity index (χ4n) is 3.39. The lowest BCUT2D eigenvalue weighted by molar-refractivity contribution is -0.137. The molecule has 1 N–H and O–H groups in total. The number of alkyl halides is 3. The van der Waals surface area contributed by atoms with E-state index in [1.807, 2.05) is 35.7 Å². The number of nitrogens with zero attached hydrogens (tertiary/aromatic N) is 2. The zero-order valence-electron chi connectivity index (χ0n) is 15.3. The number of aromatic nitrogens is 1. The highest BCUT2D eigenvalue weighted by Crippen LogP contribution is 2.36. The minimum Gasteiger partial charge on any atom is -0.315 e. The number of carbonyl (C=O) groups is 1. The van der Waals surface area contributed by atoms with Gasteiger partial charge >= 0.3 is 12.2 Å². The molecule has 1 aliphatic heterocycles. The normalized spacial score (nSPS) is 16.8. The highest BCUT2D eigenvalue weighted by atomic mass is 32.1. The zero-order valence-corrected chi connectivity index (χ0v) is 16.1. The van der Waals surface area contributed by atoms with E-state index in [1.165, 1.54) is 23.5 Å². The Morgan fingerprint density at radius 3 is 2.52 bits per heavy atom. The van der Waals surface area contributed by atoms with Gasteiger partial charge in [-0.05, 0) is 37.1 Å². The van der Waals surface area contributed by atoms with E-state index in [2.05, 4.69) is 5.32 Å². The summed E-state index contributed by atoms with van der Waals surface area (Å²) in [4.78, 5) is 19.1. The summed E-state index contributed by atoms with van der Waals surface area (Å²) >= 11 is 1.52. The van der Waals surface area contributed by atoms with Crippen LogP contribution < -0.4 is 5.32 Å². The molecule has 150 valence electrons. The van der Waals surface area contributed by atoms with Gasteiger partial charge in [0.25, 0.3) is 0 Å². The first-order valence-corrected chi connectivity index (χ1v) is 10.1. The molecule has 0 radical (unpaired) electrons. The van der Waals surface area contributed by atoms with E-state index in [1.54, 1.807) is 4.90 Å². The SMILES string of the molecule is O=C(Nc1ccc(C(F)(F)F)cc1)N1CCCC1c1nc(-c2ccccc2)cs1. The number of benzene rings is 2. The van der Waals surface area contributed by atoms with Gasteiger partial charge in [0.05, 0.1) is 17.3 Å². The van der Waals surface area contributed by atoms with Crippen molar-refractivity contribution >= 4 is 23.1 Å². The average Bonchev–Trinajstić information content (AvgIpc) is 3.38. The van der Waals surface area contributed by atoms with Crippen molar-refractivity contribution in [2.75, 3.05) is 11.9 Å². The fraction of sp³-hybridized carbons (Fsp3) is 0.238. The van der Waals surface area contributed by atoms with E-state index in [0.29, 0.717) is 12.2 Å². The van der Waals surface area contributed by atoms with E-state index in [4.69, 9.17) is 4.98 Å². The number of amides is 2. The summed E-state index contributed by atoms with van der Waals surface area (Å²) in [6, 6.07) is 13.8.